The van der Waals surface area contributed by atoms with Crippen LogP contribution < -0.4 is 9.64 Å². The molecule has 2 rings (SSSR count). The van der Waals surface area contributed by atoms with Gasteiger partial charge in [-0.25, -0.2) is 14.8 Å². The molecule has 0 atom stereocenters. The van der Waals surface area contributed by atoms with Crippen LogP contribution in [0.5, 0.6) is 5.88 Å². The van der Waals surface area contributed by atoms with Crippen molar-refractivity contribution in [3.8, 4) is 5.88 Å². The SMILES string of the molecule is COc1ncccc1CN(C(=O)OC(C)(C)C)c1ncc(C=O)cc1C. The van der Waals surface area contributed by atoms with Crippen molar-refractivity contribution in [2.75, 3.05) is 12.0 Å². The summed E-state index contributed by atoms with van der Waals surface area (Å²) in [6, 6.07) is 5.26. The van der Waals surface area contributed by atoms with Gasteiger partial charge in [-0.3, -0.25) is 9.69 Å². The van der Waals surface area contributed by atoms with Gasteiger partial charge in [0.05, 0.1) is 13.7 Å². The second kappa shape index (κ2) is 7.95. The average molecular weight is 357 g/mol. The molecule has 0 fully saturated rings. The summed E-state index contributed by atoms with van der Waals surface area (Å²) in [7, 11) is 1.52. The Morgan fingerprint density at radius 3 is 2.62 bits per heavy atom. The van der Waals surface area contributed by atoms with Gasteiger partial charge >= 0.3 is 6.09 Å². The Morgan fingerprint density at radius 1 is 1.31 bits per heavy atom. The van der Waals surface area contributed by atoms with Crippen LogP contribution in [-0.4, -0.2) is 35.1 Å². The molecule has 2 aromatic rings. The van der Waals surface area contributed by atoms with Crippen LogP contribution in [0.2, 0.25) is 0 Å². The maximum atomic E-state index is 12.8. The van der Waals surface area contributed by atoms with Crippen molar-refractivity contribution in [1.82, 2.24) is 9.97 Å². The summed E-state index contributed by atoms with van der Waals surface area (Å²) in [5, 5.41) is 0. The molecule has 0 N–H and O–H groups in total. The Morgan fingerprint density at radius 2 is 2.04 bits per heavy atom. The Labute approximate surface area is 153 Å². The summed E-state index contributed by atoms with van der Waals surface area (Å²) in [6.45, 7) is 7.34. The fourth-order valence-corrected chi connectivity index (χ4v) is 2.38. The lowest BCUT2D eigenvalue weighted by atomic mass is 10.2. The summed E-state index contributed by atoms with van der Waals surface area (Å²) in [4.78, 5) is 33.6. The molecule has 26 heavy (non-hydrogen) atoms. The molecule has 0 aliphatic carbocycles. The van der Waals surface area contributed by atoms with Crippen LogP contribution in [0.25, 0.3) is 0 Å². The molecule has 0 saturated heterocycles. The van der Waals surface area contributed by atoms with Gasteiger partial charge in [0.25, 0.3) is 0 Å². The molecule has 0 spiro atoms. The lowest BCUT2D eigenvalue weighted by Crippen LogP contribution is -2.37. The van der Waals surface area contributed by atoms with Gasteiger partial charge in [-0.1, -0.05) is 6.07 Å². The molecule has 7 heteroatoms. The van der Waals surface area contributed by atoms with E-state index in [1.54, 1.807) is 46.0 Å². The molecule has 1 amide bonds. The van der Waals surface area contributed by atoms with Gasteiger partial charge in [0, 0.05) is 23.5 Å². The highest BCUT2D eigenvalue weighted by molar-refractivity contribution is 5.88. The maximum Gasteiger partial charge on any atom is 0.416 e. The highest BCUT2D eigenvalue weighted by Crippen LogP contribution is 2.25. The van der Waals surface area contributed by atoms with Crippen LogP contribution in [-0.2, 0) is 11.3 Å². The van der Waals surface area contributed by atoms with Crippen molar-refractivity contribution in [3.05, 3.63) is 47.3 Å². The van der Waals surface area contributed by atoms with Gasteiger partial charge < -0.3 is 9.47 Å². The molecule has 0 aromatic carbocycles. The third-order valence-corrected chi connectivity index (χ3v) is 3.45. The predicted octanol–water partition coefficient (Wildman–Crippen LogP) is 3.55. The number of anilines is 1. The summed E-state index contributed by atoms with van der Waals surface area (Å²) >= 11 is 0. The number of rotatable bonds is 5. The molecule has 0 saturated carbocycles. The molecule has 0 radical (unpaired) electrons. The van der Waals surface area contributed by atoms with E-state index in [-0.39, 0.29) is 6.54 Å². The maximum absolute atomic E-state index is 12.8. The number of carbonyl (C=O) groups excluding carboxylic acids is 2. The van der Waals surface area contributed by atoms with Crippen molar-refractivity contribution in [2.24, 2.45) is 0 Å². The van der Waals surface area contributed by atoms with Crippen molar-refractivity contribution in [2.45, 2.75) is 39.8 Å². The second-order valence-electron chi connectivity index (χ2n) is 6.77. The first-order valence-electron chi connectivity index (χ1n) is 8.15. The van der Waals surface area contributed by atoms with Crippen molar-refractivity contribution in [1.29, 1.82) is 0 Å². The first kappa shape index (κ1) is 19.4. The standard InChI is InChI=1S/C19H23N3O4/c1-13-9-14(12-23)10-21-16(13)22(18(24)26-19(2,3)4)11-15-7-6-8-20-17(15)25-5/h6-10,12H,11H2,1-5H3. The molecule has 2 aromatic heterocycles. The zero-order valence-corrected chi connectivity index (χ0v) is 15.6. The van der Waals surface area contributed by atoms with E-state index in [9.17, 15) is 9.59 Å². The van der Waals surface area contributed by atoms with E-state index in [2.05, 4.69) is 9.97 Å². The van der Waals surface area contributed by atoms with E-state index >= 15 is 0 Å². The number of aromatic nitrogens is 2. The van der Waals surface area contributed by atoms with Crippen LogP contribution in [0.1, 0.15) is 42.3 Å². The summed E-state index contributed by atoms with van der Waals surface area (Å²) in [5.74, 6) is 0.832. The highest BCUT2D eigenvalue weighted by atomic mass is 16.6. The van der Waals surface area contributed by atoms with Crippen LogP contribution in [0.4, 0.5) is 10.6 Å². The van der Waals surface area contributed by atoms with E-state index in [0.717, 1.165) is 0 Å². The number of hydrogen-bond donors (Lipinski definition) is 0. The van der Waals surface area contributed by atoms with Gasteiger partial charge in [0.1, 0.15) is 11.4 Å². The number of carbonyl (C=O) groups is 2. The summed E-state index contributed by atoms with van der Waals surface area (Å²) < 4.78 is 10.8. The van der Waals surface area contributed by atoms with Gasteiger partial charge in [0.15, 0.2) is 6.29 Å². The molecule has 0 aliphatic rings. The van der Waals surface area contributed by atoms with Crippen molar-refractivity contribution >= 4 is 18.2 Å². The molecule has 138 valence electrons. The summed E-state index contributed by atoms with van der Waals surface area (Å²) in [6.07, 6.45) is 3.21. The monoisotopic (exact) mass is 357 g/mol. The fraction of sp³-hybridized carbons (Fsp3) is 0.368. The van der Waals surface area contributed by atoms with Crippen LogP contribution >= 0.6 is 0 Å². The van der Waals surface area contributed by atoms with E-state index in [1.807, 2.05) is 6.07 Å². The minimum atomic E-state index is -0.662. The van der Waals surface area contributed by atoms with Gasteiger partial charge in [-0.2, -0.15) is 0 Å². The first-order chi connectivity index (χ1) is 12.2. The van der Waals surface area contributed by atoms with Gasteiger partial charge in [0.2, 0.25) is 5.88 Å². The number of nitrogens with zero attached hydrogens (tertiary/aromatic N) is 3. The normalized spacial score (nSPS) is 11.0. The molecular weight excluding hydrogens is 334 g/mol. The van der Waals surface area contributed by atoms with Crippen molar-refractivity contribution in [3.63, 3.8) is 0 Å². The Hall–Kier alpha value is -2.96. The first-order valence-corrected chi connectivity index (χ1v) is 8.15. The van der Waals surface area contributed by atoms with E-state index in [0.29, 0.717) is 34.7 Å². The number of ether oxygens (including phenoxy) is 2. The quantitative estimate of drug-likeness (QED) is 0.761. The fourth-order valence-electron chi connectivity index (χ4n) is 2.38. The molecule has 0 aliphatic heterocycles. The third-order valence-electron chi connectivity index (χ3n) is 3.45. The van der Waals surface area contributed by atoms with Gasteiger partial charge in [-0.05, 0) is 45.4 Å². The Balaban J connectivity index is 2.45. The number of pyridine rings is 2. The number of amides is 1. The Bertz CT molecular complexity index is 800. The van der Waals surface area contributed by atoms with E-state index in [4.69, 9.17) is 9.47 Å². The lowest BCUT2D eigenvalue weighted by molar-refractivity contribution is 0.0576. The molecule has 0 unspecified atom stereocenters. The lowest BCUT2D eigenvalue weighted by Gasteiger charge is -2.28. The number of aldehydes is 1. The average Bonchev–Trinajstić information content (AvgIpc) is 2.58. The molecular formula is C19H23N3O4. The van der Waals surface area contributed by atoms with E-state index in [1.165, 1.54) is 18.2 Å². The Kier molecular flexibility index (Phi) is 5.92. The zero-order valence-electron chi connectivity index (χ0n) is 15.6. The topological polar surface area (TPSA) is 81.6 Å². The highest BCUT2D eigenvalue weighted by Gasteiger charge is 2.26. The molecule has 2 heterocycles. The van der Waals surface area contributed by atoms with Crippen LogP contribution in [0.15, 0.2) is 30.6 Å². The van der Waals surface area contributed by atoms with Crippen molar-refractivity contribution < 1.29 is 19.1 Å². The summed E-state index contributed by atoms with van der Waals surface area (Å²) in [5.41, 5.74) is 1.17. The van der Waals surface area contributed by atoms with E-state index < -0.39 is 11.7 Å². The zero-order chi connectivity index (χ0) is 19.3. The second-order valence-corrected chi connectivity index (χ2v) is 6.77. The number of methoxy groups -OCH3 is 1. The van der Waals surface area contributed by atoms with Crippen LogP contribution in [0.3, 0.4) is 0 Å². The predicted molar refractivity (Wildman–Crippen MR) is 97.6 cm³/mol. The molecule has 7 nitrogen and oxygen atoms in total. The third kappa shape index (κ3) is 4.78. The molecule has 0 bridgehead atoms. The van der Waals surface area contributed by atoms with Gasteiger partial charge in [-0.15, -0.1) is 0 Å². The van der Waals surface area contributed by atoms with Crippen LogP contribution in [0, 0.1) is 6.92 Å². The minimum Gasteiger partial charge on any atom is -0.481 e. The number of hydrogen-bond acceptors (Lipinski definition) is 6. The largest absolute Gasteiger partial charge is 0.481 e. The smallest absolute Gasteiger partial charge is 0.416 e. The number of aryl methyl sites for hydroxylation is 1. The minimum absolute atomic E-state index is 0.167.